The van der Waals surface area contributed by atoms with E-state index in [9.17, 15) is 0 Å². The molecule has 2 aliphatic rings. The van der Waals surface area contributed by atoms with Crippen molar-refractivity contribution in [1.29, 1.82) is 0 Å². The van der Waals surface area contributed by atoms with Gasteiger partial charge >= 0.3 is 0 Å². The van der Waals surface area contributed by atoms with Crippen LogP contribution in [-0.4, -0.2) is 42.7 Å². The normalized spacial score (nSPS) is 33.9. The van der Waals surface area contributed by atoms with Crippen molar-refractivity contribution in [2.24, 2.45) is 10.7 Å². The summed E-state index contributed by atoms with van der Waals surface area (Å²) in [5, 5.41) is 0. The molecular weight excluding hydrogens is 178 g/mol. The molecule has 1 spiro atoms. The number of hydrogen-bond acceptors (Lipinski definition) is 4. The molecule has 1 fully saturated rings. The second-order valence-electron chi connectivity index (χ2n) is 4.23. The van der Waals surface area contributed by atoms with Crippen LogP contribution in [0.4, 0.5) is 0 Å². The summed E-state index contributed by atoms with van der Waals surface area (Å²) in [6.07, 6.45) is 3.34. The molecular formula is C10H19N3O. The van der Waals surface area contributed by atoms with Crippen LogP contribution in [0.5, 0.6) is 0 Å². The van der Waals surface area contributed by atoms with E-state index in [1.807, 2.05) is 0 Å². The minimum atomic E-state index is -0.0615. The number of nitrogens with two attached hydrogens (primary N) is 1. The predicted octanol–water partition coefficient (Wildman–Crippen LogP) is 0.576. The fourth-order valence-corrected chi connectivity index (χ4v) is 2.31. The highest BCUT2D eigenvalue weighted by molar-refractivity contribution is 5.73. The summed E-state index contributed by atoms with van der Waals surface area (Å²) >= 11 is 0. The number of rotatable bonds is 1. The Balaban J connectivity index is 1.96. The zero-order valence-electron chi connectivity index (χ0n) is 8.83. The lowest BCUT2D eigenvalue weighted by molar-refractivity contribution is 0.0691. The van der Waals surface area contributed by atoms with Crippen LogP contribution in [-0.2, 0) is 4.74 Å². The third kappa shape index (κ3) is 1.85. The Morgan fingerprint density at radius 1 is 1.50 bits per heavy atom. The maximum Gasteiger partial charge on any atom is 0.282 e. The molecule has 0 radical (unpaired) electrons. The van der Waals surface area contributed by atoms with Gasteiger partial charge in [-0.2, -0.15) is 0 Å². The number of nitrogens with zero attached hydrogens (tertiary/aromatic N) is 2. The Morgan fingerprint density at radius 2 is 2.36 bits per heavy atom. The highest BCUT2D eigenvalue weighted by Crippen LogP contribution is 2.29. The summed E-state index contributed by atoms with van der Waals surface area (Å²) in [5.74, 6) is 0. The van der Waals surface area contributed by atoms with Crippen LogP contribution < -0.4 is 5.73 Å². The van der Waals surface area contributed by atoms with Gasteiger partial charge in [-0.3, -0.25) is 0 Å². The van der Waals surface area contributed by atoms with Crippen LogP contribution in [0.15, 0.2) is 4.99 Å². The Kier molecular flexibility index (Phi) is 2.63. The van der Waals surface area contributed by atoms with Crippen molar-refractivity contribution in [3.8, 4) is 0 Å². The van der Waals surface area contributed by atoms with Gasteiger partial charge in [-0.15, -0.1) is 0 Å². The van der Waals surface area contributed by atoms with E-state index in [-0.39, 0.29) is 5.60 Å². The zero-order valence-corrected chi connectivity index (χ0v) is 8.83. The molecule has 2 N–H and O–H groups in total. The topological polar surface area (TPSA) is 50.8 Å². The van der Waals surface area contributed by atoms with Gasteiger partial charge in [-0.1, -0.05) is 6.92 Å². The van der Waals surface area contributed by atoms with Gasteiger partial charge in [0.1, 0.15) is 5.60 Å². The van der Waals surface area contributed by atoms with Gasteiger partial charge in [0.15, 0.2) is 0 Å². The van der Waals surface area contributed by atoms with E-state index in [4.69, 9.17) is 10.5 Å². The van der Waals surface area contributed by atoms with Gasteiger partial charge in [0.05, 0.1) is 6.54 Å². The van der Waals surface area contributed by atoms with Crippen molar-refractivity contribution in [3.05, 3.63) is 0 Å². The minimum Gasteiger partial charge on any atom is -0.457 e. The molecule has 0 aromatic heterocycles. The first-order chi connectivity index (χ1) is 6.74. The van der Waals surface area contributed by atoms with Crippen LogP contribution in [0.25, 0.3) is 0 Å². The van der Waals surface area contributed by atoms with Gasteiger partial charge in [-0.25, -0.2) is 4.99 Å². The molecule has 0 bridgehead atoms. The third-order valence-corrected chi connectivity index (χ3v) is 3.28. The first-order valence-electron chi connectivity index (χ1n) is 5.45. The second kappa shape index (κ2) is 3.77. The Labute approximate surface area is 85.1 Å². The lowest BCUT2D eigenvalue weighted by Gasteiger charge is -2.26. The smallest absolute Gasteiger partial charge is 0.282 e. The third-order valence-electron chi connectivity index (χ3n) is 3.28. The van der Waals surface area contributed by atoms with Crippen molar-refractivity contribution in [2.45, 2.75) is 31.8 Å². The average molecular weight is 197 g/mol. The summed E-state index contributed by atoms with van der Waals surface area (Å²) in [4.78, 5) is 6.62. The molecule has 0 aliphatic carbocycles. The average Bonchev–Trinajstić information content (AvgIpc) is 2.44. The van der Waals surface area contributed by atoms with E-state index in [2.05, 4.69) is 16.8 Å². The van der Waals surface area contributed by atoms with Crippen LogP contribution in [0, 0.1) is 0 Å². The Hall–Kier alpha value is -0.770. The number of aliphatic imine (C=N–C) groups is 1. The quantitative estimate of drug-likeness (QED) is 0.669. The summed E-state index contributed by atoms with van der Waals surface area (Å²) in [5.41, 5.74) is 5.51. The molecule has 1 unspecified atom stereocenters. The minimum absolute atomic E-state index is 0.0615. The lowest BCUT2D eigenvalue weighted by atomic mass is 9.95. The molecule has 0 amide bonds. The van der Waals surface area contributed by atoms with Gasteiger partial charge < -0.3 is 15.4 Å². The van der Waals surface area contributed by atoms with E-state index in [1.165, 1.54) is 13.0 Å². The number of likely N-dealkylation sites (tertiary alicyclic amines) is 1. The van der Waals surface area contributed by atoms with E-state index in [1.54, 1.807) is 0 Å². The fraction of sp³-hybridized carbons (Fsp3) is 0.900. The monoisotopic (exact) mass is 197 g/mol. The van der Waals surface area contributed by atoms with Crippen LogP contribution in [0.2, 0.25) is 0 Å². The highest BCUT2D eigenvalue weighted by atomic mass is 16.5. The van der Waals surface area contributed by atoms with Crippen molar-refractivity contribution in [1.82, 2.24) is 4.90 Å². The summed E-state index contributed by atoms with van der Waals surface area (Å²) in [7, 11) is 0. The molecule has 2 aliphatic heterocycles. The maximum absolute atomic E-state index is 5.66. The van der Waals surface area contributed by atoms with Crippen molar-refractivity contribution >= 4 is 6.02 Å². The first kappa shape index (κ1) is 9.77. The van der Waals surface area contributed by atoms with E-state index >= 15 is 0 Å². The number of amidine groups is 1. The molecule has 1 saturated heterocycles. The molecule has 0 aromatic rings. The lowest BCUT2D eigenvalue weighted by Crippen LogP contribution is -2.36. The number of ether oxygens (including phenoxy) is 1. The predicted molar refractivity (Wildman–Crippen MR) is 56.3 cm³/mol. The largest absolute Gasteiger partial charge is 0.457 e. The van der Waals surface area contributed by atoms with E-state index in [0.717, 1.165) is 32.5 Å². The van der Waals surface area contributed by atoms with Gasteiger partial charge in [0.2, 0.25) is 0 Å². The van der Waals surface area contributed by atoms with Crippen LogP contribution in [0.3, 0.4) is 0 Å². The van der Waals surface area contributed by atoms with E-state index in [0.29, 0.717) is 6.02 Å². The summed E-state index contributed by atoms with van der Waals surface area (Å²) in [6, 6.07) is 0.384. The molecule has 1 atom stereocenters. The van der Waals surface area contributed by atoms with Crippen LogP contribution in [0.1, 0.15) is 26.2 Å². The molecule has 4 nitrogen and oxygen atoms in total. The summed E-state index contributed by atoms with van der Waals surface area (Å²) < 4.78 is 5.66. The molecule has 4 heteroatoms. The summed E-state index contributed by atoms with van der Waals surface area (Å²) in [6.45, 7) is 6.39. The first-order valence-corrected chi connectivity index (χ1v) is 5.45. The number of hydrogen-bond donors (Lipinski definition) is 1. The Morgan fingerprint density at radius 3 is 3.00 bits per heavy atom. The molecule has 0 saturated carbocycles. The zero-order chi connectivity index (χ0) is 10.0. The van der Waals surface area contributed by atoms with Crippen molar-refractivity contribution in [3.63, 3.8) is 0 Å². The molecule has 14 heavy (non-hydrogen) atoms. The van der Waals surface area contributed by atoms with Crippen LogP contribution >= 0.6 is 0 Å². The molecule has 0 aromatic carbocycles. The van der Waals surface area contributed by atoms with Gasteiger partial charge in [-0.05, 0) is 25.9 Å². The van der Waals surface area contributed by atoms with Gasteiger partial charge in [0, 0.05) is 13.0 Å². The Bertz CT molecular complexity index is 242. The van der Waals surface area contributed by atoms with Crippen molar-refractivity contribution in [2.75, 3.05) is 26.2 Å². The SMILES string of the molecule is CCN1CCCC2(CC1)CN=C(N)O2. The standard InChI is InChI=1S/C10H19N3O/c1-2-13-6-3-4-10(5-7-13)8-12-9(11)14-10/h2-8H2,1H3,(H2,11,12). The maximum atomic E-state index is 5.66. The molecule has 2 rings (SSSR count). The highest BCUT2D eigenvalue weighted by Gasteiger charge is 2.38. The molecule has 80 valence electrons. The van der Waals surface area contributed by atoms with Gasteiger partial charge in [0.25, 0.3) is 6.02 Å². The fourth-order valence-electron chi connectivity index (χ4n) is 2.31. The van der Waals surface area contributed by atoms with Crippen molar-refractivity contribution < 1.29 is 4.74 Å². The molecule has 2 heterocycles. The second-order valence-corrected chi connectivity index (χ2v) is 4.23. The van der Waals surface area contributed by atoms with E-state index < -0.39 is 0 Å².